The normalized spacial score (nSPS) is 12.3. The molecule has 2 aromatic carbocycles. The van der Waals surface area contributed by atoms with E-state index in [0.717, 1.165) is 23.1 Å². The Balaban J connectivity index is 2.09. The number of para-hydroxylation sites is 1. The molecule has 0 saturated carbocycles. The molecular formula is C21H28N2O4S. The van der Waals surface area contributed by atoms with Gasteiger partial charge in [-0.05, 0) is 55.7 Å². The summed E-state index contributed by atoms with van der Waals surface area (Å²) >= 11 is 0. The van der Waals surface area contributed by atoms with Crippen molar-refractivity contribution in [1.82, 2.24) is 5.32 Å². The fourth-order valence-corrected chi connectivity index (χ4v) is 4.10. The highest BCUT2D eigenvalue weighted by Crippen LogP contribution is 2.25. The van der Waals surface area contributed by atoms with E-state index in [-0.39, 0.29) is 12.5 Å². The summed E-state index contributed by atoms with van der Waals surface area (Å²) in [7, 11) is -3.64. The summed E-state index contributed by atoms with van der Waals surface area (Å²) in [4.78, 5) is 12.7. The van der Waals surface area contributed by atoms with Gasteiger partial charge in [0.25, 0.3) is 0 Å². The SMILES string of the molecule is CCC(C(=O)NCCOc1ccccc1)N(c1ccc(C)c(C)c1)S(C)(=O)=O. The molecule has 0 saturated heterocycles. The molecule has 1 atom stereocenters. The summed E-state index contributed by atoms with van der Waals surface area (Å²) in [5.41, 5.74) is 2.53. The lowest BCUT2D eigenvalue weighted by atomic mass is 10.1. The van der Waals surface area contributed by atoms with Crippen LogP contribution in [0.1, 0.15) is 24.5 Å². The highest BCUT2D eigenvalue weighted by molar-refractivity contribution is 7.92. The molecule has 0 aromatic heterocycles. The van der Waals surface area contributed by atoms with E-state index in [1.165, 1.54) is 4.31 Å². The van der Waals surface area contributed by atoms with Gasteiger partial charge in [-0.15, -0.1) is 0 Å². The third-order valence-corrected chi connectivity index (χ3v) is 5.67. The molecule has 0 spiro atoms. The molecule has 1 unspecified atom stereocenters. The maximum Gasteiger partial charge on any atom is 0.244 e. The van der Waals surface area contributed by atoms with Crippen molar-refractivity contribution in [2.75, 3.05) is 23.7 Å². The lowest BCUT2D eigenvalue weighted by Gasteiger charge is -2.30. The summed E-state index contributed by atoms with van der Waals surface area (Å²) in [6, 6.07) is 13.9. The molecule has 6 nitrogen and oxygen atoms in total. The largest absolute Gasteiger partial charge is 0.492 e. The Morgan fingerprint density at radius 2 is 1.79 bits per heavy atom. The second-order valence-corrected chi connectivity index (χ2v) is 8.56. The van der Waals surface area contributed by atoms with Gasteiger partial charge in [0.2, 0.25) is 15.9 Å². The fourth-order valence-electron chi connectivity index (χ4n) is 2.90. The number of hydrogen-bond donors (Lipinski definition) is 1. The van der Waals surface area contributed by atoms with Crippen LogP contribution in [0.4, 0.5) is 5.69 Å². The minimum Gasteiger partial charge on any atom is -0.492 e. The van der Waals surface area contributed by atoms with E-state index in [1.54, 1.807) is 19.1 Å². The summed E-state index contributed by atoms with van der Waals surface area (Å²) in [6.07, 6.45) is 1.47. The zero-order valence-electron chi connectivity index (χ0n) is 16.8. The molecule has 0 radical (unpaired) electrons. The minimum atomic E-state index is -3.64. The van der Waals surface area contributed by atoms with E-state index in [2.05, 4.69) is 5.32 Å². The van der Waals surface area contributed by atoms with Crippen LogP contribution in [0.25, 0.3) is 0 Å². The second kappa shape index (κ2) is 9.59. The van der Waals surface area contributed by atoms with Crippen molar-refractivity contribution in [2.45, 2.75) is 33.2 Å². The summed E-state index contributed by atoms with van der Waals surface area (Å²) < 4.78 is 31.7. The lowest BCUT2D eigenvalue weighted by Crippen LogP contribution is -2.50. The first kappa shape index (κ1) is 21.8. The van der Waals surface area contributed by atoms with Crippen molar-refractivity contribution in [2.24, 2.45) is 0 Å². The number of sulfonamides is 1. The van der Waals surface area contributed by atoms with Gasteiger partial charge in [0.05, 0.1) is 18.5 Å². The first-order chi connectivity index (χ1) is 13.2. The third-order valence-electron chi connectivity index (χ3n) is 4.49. The van der Waals surface area contributed by atoms with Crippen molar-refractivity contribution >= 4 is 21.6 Å². The Hall–Kier alpha value is -2.54. The quantitative estimate of drug-likeness (QED) is 0.652. The number of carbonyl (C=O) groups excluding carboxylic acids is 1. The van der Waals surface area contributed by atoms with Crippen molar-refractivity contribution in [3.8, 4) is 5.75 Å². The highest BCUT2D eigenvalue weighted by atomic mass is 32.2. The monoisotopic (exact) mass is 404 g/mol. The Bertz CT molecular complexity index is 898. The number of hydrogen-bond acceptors (Lipinski definition) is 4. The maximum atomic E-state index is 12.7. The van der Waals surface area contributed by atoms with E-state index in [4.69, 9.17) is 4.74 Å². The molecule has 0 fully saturated rings. The van der Waals surface area contributed by atoms with Crippen molar-refractivity contribution in [3.05, 3.63) is 59.7 Å². The summed E-state index contributed by atoms with van der Waals surface area (Å²) in [5.74, 6) is 0.375. The first-order valence-electron chi connectivity index (χ1n) is 9.26. The number of amides is 1. The van der Waals surface area contributed by atoms with E-state index in [9.17, 15) is 13.2 Å². The molecule has 0 aliphatic rings. The van der Waals surface area contributed by atoms with Crippen LogP contribution in [0.3, 0.4) is 0 Å². The van der Waals surface area contributed by atoms with Gasteiger partial charge in [0.15, 0.2) is 0 Å². The number of anilines is 1. The zero-order chi connectivity index (χ0) is 20.7. The Morgan fingerprint density at radius 1 is 1.11 bits per heavy atom. The van der Waals surface area contributed by atoms with Crippen LogP contribution in [0.5, 0.6) is 5.75 Å². The van der Waals surface area contributed by atoms with Crippen LogP contribution in [0.15, 0.2) is 48.5 Å². The van der Waals surface area contributed by atoms with Gasteiger partial charge in [-0.3, -0.25) is 9.10 Å². The number of aryl methyl sites for hydroxylation is 2. The van der Waals surface area contributed by atoms with Gasteiger partial charge in [-0.25, -0.2) is 8.42 Å². The van der Waals surface area contributed by atoms with Gasteiger partial charge in [-0.2, -0.15) is 0 Å². The Morgan fingerprint density at radius 3 is 2.36 bits per heavy atom. The predicted octanol–water partition coefficient (Wildman–Crippen LogP) is 3.04. The van der Waals surface area contributed by atoms with Gasteiger partial charge in [-0.1, -0.05) is 31.2 Å². The molecule has 1 N–H and O–H groups in total. The standard InChI is InChI=1S/C21H28N2O4S/c1-5-20(21(24)22-13-14-27-19-9-7-6-8-10-19)23(28(4,25)26)18-12-11-16(2)17(3)15-18/h6-12,15,20H,5,13-14H2,1-4H3,(H,22,24). The van der Waals surface area contributed by atoms with Gasteiger partial charge < -0.3 is 10.1 Å². The average Bonchev–Trinajstić information content (AvgIpc) is 2.65. The van der Waals surface area contributed by atoms with Crippen molar-refractivity contribution in [3.63, 3.8) is 0 Å². The molecule has 28 heavy (non-hydrogen) atoms. The molecule has 0 heterocycles. The van der Waals surface area contributed by atoms with Crippen LogP contribution in [-0.4, -0.2) is 39.8 Å². The predicted molar refractivity (Wildman–Crippen MR) is 112 cm³/mol. The number of rotatable bonds is 9. The van der Waals surface area contributed by atoms with Crippen LogP contribution < -0.4 is 14.4 Å². The molecule has 1 amide bonds. The fraction of sp³-hybridized carbons (Fsp3) is 0.381. The maximum absolute atomic E-state index is 12.7. The second-order valence-electron chi connectivity index (χ2n) is 6.70. The van der Waals surface area contributed by atoms with E-state index < -0.39 is 16.1 Å². The smallest absolute Gasteiger partial charge is 0.244 e. The third kappa shape index (κ3) is 5.73. The highest BCUT2D eigenvalue weighted by Gasteiger charge is 2.31. The van der Waals surface area contributed by atoms with Crippen molar-refractivity contribution in [1.29, 1.82) is 0 Å². The lowest BCUT2D eigenvalue weighted by molar-refractivity contribution is -0.122. The topological polar surface area (TPSA) is 75.7 Å². The summed E-state index contributed by atoms with van der Waals surface area (Å²) in [6.45, 7) is 6.26. The van der Waals surface area contributed by atoms with Gasteiger partial charge in [0.1, 0.15) is 18.4 Å². The molecular weight excluding hydrogens is 376 g/mol. The number of ether oxygens (including phenoxy) is 1. The molecule has 7 heteroatoms. The van der Waals surface area contributed by atoms with Crippen LogP contribution in [0, 0.1) is 13.8 Å². The van der Waals surface area contributed by atoms with Crippen LogP contribution >= 0.6 is 0 Å². The number of nitrogens with one attached hydrogen (secondary N) is 1. The number of nitrogens with zero attached hydrogens (tertiary/aromatic N) is 1. The van der Waals surface area contributed by atoms with E-state index >= 15 is 0 Å². The van der Waals surface area contributed by atoms with Gasteiger partial charge in [0, 0.05) is 0 Å². The van der Waals surface area contributed by atoms with Crippen LogP contribution in [0.2, 0.25) is 0 Å². The first-order valence-corrected chi connectivity index (χ1v) is 11.1. The number of carbonyl (C=O) groups is 1. The van der Waals surface area contributed by atoms with Crippen molar-refractivity contribution < 1.29 is 17.9 Å². The molecule has 2 aromatic rings. The van der Waals surface area contributed by atoms with E-state index in [1.807, 2.05) is 50.2 Å². The molecule has 0 bridgehead atoms. The Kier molecular flexibility index (Phi) is 7.45. The zero-order valence-corrected chi connectivity index (χ0v) is 17.6. The Labute approximate surface area is 167 Å². The molecule has 2 rings (SSSR count). The van der Waals surface area contributed by atoms with E-state index in [0.29, 0.717) is 18.7 Å². The molecule has 152 valence electrons. The average molecular weight is 405 g/mol. The minimum absolute atomic E-state index is 0.286. The van der Waals surface area contributed by atoms with Gasteiger partial charge >= 0.3 is 0 Å². The number of benzene rings is 2. The summed E-state index contributed by atoms with van der Waals surface area (Å²) in [5, 5.41) is 2.78. The van der Waals surface area contributed by atoms with Crippen LogP contribution in [-0.2, 0) is 14.8 Å². The molecule has 0 aliphatic carbocycles. The molecule has 0 aliphatic heterocycles.